The Morgan fingerprint density at radius 3 is 2.36 bits per heavy atom. The van der Waals surface area contributed by atoms with Crippen LogP contribution in [0.15, 0.2) is 78.9 Å². The summed E-state index contributed by atoms with van der Waals surface area (Å²) in [7, 11) is 0. The highest BCUT2D eigenvalue weighted by Gasteiger charge is 2.16. The predicted molar refractivity (Wildman–Crippen MR) is 101 cm³/mol. The normalized spacial score (nSPS) is 10.9. The van der Waals surface area contributed by atoms with Crippen LogP contribution in [0, 0.1) is 6.92 Å². The average molecular weight is 326 g/mol. The summed E-state index contributed by atoms with van der Waals surface area (Å²) >= 11 is 0. The van der Waals surface area contributed by atoms with E-state index in [0.29, 0.717) is 0 Å². The first-order chi connectivity index (χ1) is 12.2. The Hall–Kier alpha value is -3.20. The average Bonchev–Trinajstić information content (AvgIpc) is 3.01. The van der Waals surface area contributed by atoms with E-state index in [1.807, 2.05) is 71.3 Å². The van der Waals surface area contributed by atoms with Crippen molar-refractivity contribution in [2.24, 2.45) is 0 Å². The fourth-order valence-corrected chi connectivity index (χ4v) is 3.12. The number of hydrogen-bond donors (Lipinski definition) is 0. The van der Waals surface area contributed by atoms with Gasteiger partial charge in [-0.25, -0.2) is 4.98 Å². The number of imidazole rings is 1. The van der Waals surface area contributed by atoms with Gasteiger partial charge in [0.15, 0.2) is 5.78 Å². The lowest BCUT2D eigenvalue weighted by Gasteiger charge is -2.10. The topological polar surface area (TPSA) is 34.9 Å². The van der Waals surface area contributed by atoms with Crippen molar-refractivity contribution >= 4 is 16.8 Å². The molecule has 0 radical (unpaired) electrons. The Labute approximate surface area is 146 Å². The number of rotatable bonds is 4. The zero-order valence-corrected chi connectivity index (χ0v) is 14.0. The van der Waals surface area contributed by atoms with Gasteiger partial charge in [-0.05, 0) is 24.6 Å². The molecule has 122 valence electrons. The van der Waals surface area contributed by atoms with Gasteiger partial charge >= 0.3 is 0 Å². The SMILES string of the molecule is Cc1ccccc1-c1nc2ccccc2n1CC(=O)c1ccccc1. The Bertz CT molecular complexity index is 1050. The molecule has 3 heteroatoms. The van der Waals surface area contributed by atoms with E-state index in [4.69, 9.17) is 4.98 Å². The number of aromatic nitrogens is 2. The maximum Gasteiger partial charge on any atom is 0.182 e. The number of ketones is 1. The standard InChI is InChI=1S/C22H18N2O/c1-16-9-5-6-12-18(16)22-23-19-13-7-8-14-20(19)24(22)15-21(25)17-10-3-2-4-11-17/h2-14H,15H2,1H3. The monoisotopic (exact) mass is 326 g/mol. The zero-order valence-electron chi connectivity index (χ0n) is 14.0. The summed E-state index contributed by atoms with van der Waals surface area (Å²) in [5, 5.41) is 0. The zero-order chi connectivity index (χ0) is 17.2. The Morgan fingerprint density at radius 2 is 1.56 bits per heavy atom. The molecule has 0 fully saturated rings. The number of Topliss-reactive ketones (excluding diaryl/α,β-unsaturated/α-hetero) is 1. The largest absolute Gasteiger partial charge is 0.316 e. The lowest BCUT2D eigenvalue weighted by atomic mass is 10.1. The summed E-state index contributed by atoms with van der Waals surface area (Å²) in [6.07, 6.45) is 0. The molecule has 0 spiro atoms. The number of hydrogen-bond acceptors (Lipinski definition) is 2. The van der Waals surface area contributed by atoms with Crippen LogP contribution in [-0.4, -0.2) is 15.3 Å². The minimum Gasteiger partial charge on any atom is -0.316 e. The Balaban J connectivity index is 1.86. The molecule has 1 aromatic heterocycles. The molecule has 0 saturated heterocycles. The molecule has 0 saturated carbocycles. The fourth-order valence-electron chi connectivity index (χ4n) is 3.12. The second-order valence-corrected chi connectivity index (χ2v) is 6.11. The molecule has 4 rings (SSSR count). The highest BCUT2D eigenvalue weighted by atomic mass is 16.1. The van der Waals surface area contributed by atoms with Crippen molar-refractivity contribution in [1.29, 1.82) is 0 Å². The highest BCUT2D eigenvalue weighted by molar-refractivity contribution is 5.97. The van der Waals surface area contributed by atoms with Crippen LogP contribution in [0.5, 0.6) is 0 Å². The molecule has 25 heavy (non-hydrogen) atoms. The van der Waals surface area contributed by atoms with E-state index in [1.54, 1.807) is 0 Å². The Kier molecular flexibility index (Phi) is 3.90. The van der Waals surface area contributed by atoms with Gasteiger partial charge in [-0.1, -0.05) is 66.7 Å². The maximum absolute atomic E-state index is 12.8. The molecule has 3 nitrogen and oxygen atoms in total. The van der Waals surface area contributed by atoms with E-state index < -0.39 is 0 Å². The van der Waals surface area contributed by atoms with Gasteiger partial charge < -0.3 is 4.57 Å². The summed E-state index contributed by atoms with van der Waals surface area (Å²) in [5.41, 5.74) is 4.80. The van der Waals surface area contributed by atoms with Crippen molar-refractivity contribution in [3.05, 3.63) is 90.0 Å². The molecule has 0 N–H and O–H groups in total. The second-order valence-electron chi connectivity index (χ2n) is 6.11. The number of aryl methyl sites for hydroxylation is 1. The number of carbonyl (C=O) groups excluding carboxylic acids is 1. The molecule has 3 aromatic carbocycles. The van der Waals surface area contributed by atoms with Crippen LogP contribution in [0.4, 0.5) is 0 Å². The molecule has 1 heterocycles. The summed E-state index contributed by atoms with van der Waals surface area (Å²) < 4.78 is 2.02. The third-order valence-electron chi connectivity index (χ3n) is 4.44. The van der Waals surface area contributed by atoms with Crippen LogP contribution in [0.25, 0.3) is 22.4 Å². The van der Waals surface area contributed by atoms with E-state index in [2.05, 4.69) is 19.1 Å². The van der Waals surface area contributed by atoms with Crippen LogP contribution >= 0.6 is 0 Å². The van der Waals surface area contributed by atoms with Crippen molar-refractivity contribution in [3.63, 3.8) is 0 Å². The van der Waals surface area contributed by atoms with Crippen molar-refractivity contribution in [1.82, 2.24) is 9.55 Å². The quantitative estimate of drug-likeness (QED) is 0.500. The fraction of sp³-hybridized carbons (Fsp3) is 0.0909. The van der Waals surface area contributed by atoms with Gasteiger partial charge in [-0.3, -0.25) is 4.79 Å². The summed E-state index contributed by atoms with van der Waals surface area (Å²) in [5.74, 6) is 0.919. The molecular weight excluding hydrogens is 308 g/mol. The first-order valence-corrected chi connectivity index (χ1v) is 8.33. The van der Waals surface area contributed by atoms with Crippen LogP contribution in [-0.2, 0) is 6.54 Å². The second kappa shape index (κ2) is 6.36. The molecule has 0 amide bonds. The van der Waals surface area contributed by atoms with E-state index in [1.165, 1.54) is 0 Å². The van der Waals surface area contributed by atoms with E-state index in [-0.39, 0.29) is 12.3 Å². The number of para-hydroxylation sites is 2. The summed E-state index contributed by atoms with van der Waals surface area (Å²) in [6.45, 7) is 2.34. The van der Waals surface area contributed by atoms with Gasteiger partial charge in [-0.15, -0.1) is 0 Å². The van der Waals surface area contributed by atoms with Crippen molar-refractivity contribution in [2.45, 2.75) is 13.5 Å². The van der Waals surface area contributed by atoms with Gasteiger partial charge in [0.2, 0.25) is 0 Å². The minimum atomic E-state index is 0.0820. The molecule has 0 aliphatic carbocycles. The van der Waals surface area contributed by atoms with E-state index >= 15 is 0 Å². The smallest absolute Gasteiger partial charge is 0.182 e. The molecule has 0 aliphatic heterocycles. The number of nitrogens with zero attached hydrogens (tertiary/aromatic N) is 2. The third kappa shape index (κ3) is 2.85. The van der Waals surface area contributed by atoms with Gasteiger partial charge in [0.1, 0.15) is 5.82 Å². The van der Waals surface area contributed by atoms with Crippen molar-refractivity contribution < 1.29 is 4.79 Å². The molecule has 0 bridgehead atoms. The number of benzene rings is 3. The van der Waals surface area contributed by atoms with Crippen LogP contribution in [0.2, 0.25) is 0 Å². The van der Waals surface area contributed by atoms with Gasteiger partial charge in [0.05, 0.1) is 17.6 Å². The van der Waals surface area contributed by atoms with Crippen molar-refractivity contribution in [3.8, 4) is 11.4 Å². The molecule has 0 aliphatic rings. The van der Waals surface area contributed by atoms with Crippen molar-refractivity contribution in [2.75, 3.05) is 0 Å². The first kappa shape index (κ1) is 15.3. The van der Waals surface area contributed by atoms with Gasteiger partial charge in [-0.2, -0.15) is 0 Å². The van der Waals surface area contributed by atoms with Crippen LogP contribution < -0.4 is 0 Å². The third-order valence-corrected chi connectivity index (χ3v) is 4.44. The van der Waals surface area contributed by atoms with E-state index in [9.17, 15) is 4.79 Å². The first-order valence-electron chi connectivity index (χ1n) is 8.33. The van der Waals surface area contributed by atoms with Crippen LogP contribution in [0.1, 0.15) is 15.9 Å². The van der Waals surface area contributed by atoms with Gasteiger partial charge in [0.25, 0.3) is 0 Å². The Morgan fingerprint density at radius 1 is 0.880 bits per heavy atom. The summed E-state index contributed by atoms with van der Waals surface area (Å²) in [6, 6.07) is 25.5. The molecular formula is C22H18N2O. The molecule has 0 atom stereocenters. The number of fused-ring (bicyclic) bond motifs is 1. The maximum atomic E-state index is 12.8. The molecule has 0 unspecified atom stereocenters. The lowest BCUT2D eigenvalue weighted by Crippen LogP contribution is -2.11. The predicted octanol–water partition coefficient (Wildman–Crippen LogP) is 4.89. The minimum absolute atomic E-state index is 0.0820. The van der Waals surface area contributed by atoms with Gasteiger partial charge in [0, 0.05) is 11.1 Å². The lowest BCUT2D eigenvalue weighted by molar-refractivity contribution is 0.0974. The van der Waals surface area contributed by atoms with Crippen LogP contribution in [0.3, 0.4) is 0 Å². The highest BCUT2D eigenvalue weighted by Crippen LogP contribution is 2.27. The van der Waals surface area contributed by atoms with E-state index in [0.717, 1.165) is 33.5 Å². The number of carbonyl (C=O) groups is 1. The summed E-state index contributed by atoms with van der Waals surface area (Å²) in [4.78, 5) is 17.6. The molecule has 4 aromatic rings.